The zero-order chi connectivity index (χ0) is 13.1. The van der Waals surface area contributed by atoms with Gasteiger partial charge in [0.05, 0.1) is 0 Å². The van der Waals surface area contributed by atoms with E-state index in [-0.39, 0.29) is 5.92 Å². The van der Waals surface area contributed by atoms with Crippen LogP contribution in [0.1, 0.15) is 23.5 Å². The van der Waals surface area contributed by atoms with Gasteiger partial charge in [0.15, 0.2) is 0 Å². The van der Waals surface area contributed by atoms with Gasteiger partial charge in [0.2, 0.25) is 5.91 Å². The molecule has 1 aromatic carbocycles. The molecule has 0 saturated carbocycles. The molecule has 1 fully saturated rings. The predicted molar refractivity (Wildman–Crippen MR) is 65.8 cm³/mol. The lowest BCUT2D eigenvalue weighted by Crippen LogP contribution is -2.43. The molecule has 5 heteroatoms. The lowest BCUT2D eigenvalue weighted by molar-refractivity contribution is -0.148. The molecule has 1 aromatic rings. The number of rotatable bonds is 3. The van der Waals surface area contributed by atoms with E-state index < -0.39 is 17.8 Å². The molecule has 96 valence electrons. The zero-order valence-electron chi connectivity index (χ0n) is 9.93. The van der Waals surface area contributed by atoms with E-state index in [0.717, 1.165) is 11.1 Å². The Kier molecular flexibility index (Phi) is 3.62. The summed E-state index contributed by atoms with van der Waals surface area (Å²) in [6, 6.07) is 7.75. The Bertz CT molecular complexity index is 473. The molecule has 1 saturated heterocycles. The van der Waals surface area contributed by atoms with Crippen LogP contribution in [0.15, 0.2) is 24.3 Å². The molecule has 4 N–H and O–H groups in total. The van der Waals surface area contributed by atoms with E-state index >= 15 is 0 Å². The Morgan fingerprint density at radius 2 is 2.28 bits per heavy atom. The van der Waals surface area contributed by atoms with E-state index in [0.29, 0.717) is 19.5 Å². The van der Waals surface area contributed by atoms with Gasteiger partial charge in [0.1, 0.15) is 5.92 Å². The third-order valence-electron chi connectivity index (χ3n) is 3.32. The fourth-order valence-corrected chi connectivity index (χ4v) is 2.26. The average molecular weight is 248 g/mol. The van der Waals surface area contributed by atoms with Crippen LogP contribution in [0.4, 0.5) is 0 Å². The third-order valence-corrected chi connectivity index (χ3v) is 3.32. The summed E-state index contributed by atoms with van der Waals surface area (Å²) in [7, 11) is 0. The van der Waals surface area contributed by atoms with Crippen molar-refractivity contribution in [2.45, 2.75) is 18.9 Å². The summed E-state index contributed by atoms with van der Waals surface area (Å²) in [4.78, 5) is 22.4. The van der Waals surface area contributed by atoms with Crippen molar-refractivity contribution < 1.29 is 14.7 Å². The molecule has 0 unspecified atom stereocenters. The smallest absolute Gasteiger partial charge is 0.316 e. The minimum absolute atomic E-state index is 0.0373. The number of carboxylic acids is 1. The van der Waals surface area contributed by atoms with Gasteiger partial charge in [-0.25, -0.2) is 0 Å². The fourth-order valence-electron chi connectivity index (χ4n) is 2.26. The topological polar surface area (TPSA) is 92.4 Å². The zero-order valence-corrected chi connectivity index (χ0v) is 9.93. The van der Waals surface area contributed by atoms with Crippen molar-refractivity contribution in [2.75, 3.05) is 6.54 Å². The van der Waals surface area contributed by atoms with Crippen molar-refractivity contribution in [1.29, 1.82) is 0 Å². The maximum Gasteiger partial charge on any atom is 0.316 e. The number of aliphatic carboxylic acids is 1. The largest absolute Gasteiger partial charge is 0.481 e. The standard InChI is InChI=1S/C13H16N2O3/c14-6-8-2-1-3-9(4-8)10-5-11(13(17)18)12(16)15-7-10/h1-4,10-11H,5-7,14H2,(H,15,16)(H,17,18)/t10-,11-/m1/s1. The molecule has 0 aliphatic carbocycles. The first-order chi connectivity index (χ1) is 8.61. The van der Waals surface area contributed by atoms with Crippen LogP contribution in [0, 0.1) is 5.92 Å². The summed E-state index contributed by atoms with van der Waals surface area (Å²) in [6.07, 6.45) is 0.342. The van der Waals surface area contributed by atoms with Gasteiger partial charge in [-0.15, -0.1) is 0 Å². The van der Waals surface area contributed by atoms with Crippen molar-refractivity contribution in [3.8, 4) is 0 Å². The Hall–Kier alpha value is -1.88. The Balaban J connectivity index is 2.18. The van der Waals surface area contributed by atoms with E-state index in [1.54, 1.807) is 0 Å². The summed E-state index contributed by atoms with van der Waals surface area (Å²) in [5.41, 5.74) is 7.62. The van der Waals surface area contributed by atoms with Crippen LogP contribution in [-0.4, -0.2) is 23.5 Å². The molecule has 0 radical (unpaired) electrons. The number of benzene rings is 1. The first kappa shape index (κ1) is 12.6. The molecule has 0 aromatic heterocycles. The number of nitrogens with one attached hydrogen (secondary N) is 1. The summed E-state index contributed by atoms with van der Waals surface area (Å²) in [5, 5.41) is 11.6. The van der Waals surface area contributed by atoms with Crippen molar-refractivity contribution >= 4 is 11.9 Å². The molecule has 18 heavy (non-hydrogen) atoms. The van der Waals surface area contributed by atoms with Crippen LogP contribution in [0.5, 0.6) is 0 Å². The van der Waals surface area contributed by atoms with E-state index in [4.69, 9.17) is 10.8 Å². The molecule has 2 rings (SSSR count). The number of carbonyl (C=O) groups is 2. The number of hydrogen-bond donors (Lipinski definition) is 3. The second-order valence-electron chi connectivity index (χ2n) is 4.52. The minimum Gasteiger partial charge on any atom is -0.481 e. The van der Waals surface area contributed by atoms with Crippen LogP contribution < -0.4 is 11.1 Å². The highest BCUT2D eigenvalue weighted by atomic mass is 16.4. The van der Waals surface area contributed by atoms with Gasteiger partial charge in [-0.3, -0.25) is 9.59 Å². The number of carbonyl (C=O) groups excluding carboxylic acids is 1. The highest BCUT2D eigenvalue weighted by molar-refractivity contribution is 5.97. The van der Waals surface area contributed by atoms with Gasteiger partial charge in [0, 0.05) is 19.0 Å². The van der Waals surface area contributed by atoms with Gasteiger partial charge in [0.25, 0.3) is 0 Å². The summed E-state index contributed by atoms with van der Waals surface area (Å²) < 4.78 is 0. The first-order valence-electron chi connectivity index (χ1n) is 5.91. The lowest BCUT2D eigenvalue weighted by atomic mass is 9.84. The Labute approximate surface area is 105 Å². The molecule has 2 atom stereocenters. The Morgan fingerprint density at radius 1 is 1.50 bits per heavy atom. The summed E-state index contributed by atoms with van der Waals surface area (Å²) in [5.74, 6) is -2.37. The van der Waals surface area contributed by atoms with Gasteiger partial charge in [-0.1, -0.05) is 24.3 Å². The SMILES string of the molecule is NCc1cccc([C@H]2CNC(=O)[C@H](C(=O)O)C2)c1. The van der Waals surface area contributed by atoms with Crippen LogP contribution in [0.3, 0.4) is 0 Å². The normalized spacial score (nSPS) is 23.5. The maximum atomic E-state index is 11.4. The number of amides is 1. The maximum absolute atomic E-state index is 11.4. The minimum atomic E-state index is -1.06. The molecule has 0 spiro atoms. The van der Waals surface area contributed by atoms with Crippen LogP contribution in [0.25, 0.3) is 0 Å². The third kappa shape index (κ3) is 2.51. The van der Waals surface area contributed by atoms with Gasteiger partial charge >= 0.3 is 5.97 Å². The molecular formula is C13H16N2O3. The summed E-state index contributed by atoms with van der Waals surface area (Å²) >= 11 is 0. The second kappa shape index (κ2) is 5.18. The van der Waals surface area contributed by atoms with Crippen LogP contribution >= 0.6 is 0 Å². The quantitative estimate of drug-likeness (QED) is 0.677. The van der Waals surface area contributed by atoms with Crippen molar-refractivity contribution in [2.24, 2.45) is 11.7 Å². The van der Waals surface area contributed by atoms with Crippen LogP contribution in [-0.2, 0) is 16.1 Å². The molecule has 0 bridgehead atoms. The molecule has 5 nitrogen and oxygen atoms in total. The van der Waals surface area contributed by atoms with Gasteiger partial charge < -0.3 is 16.2 Å². The van der Waals surface area contributed by atoms with Crippen molar-refractivity contribution in [3.63, 3.8) is 0 Å². The number of nitrogens with two attached hydrogens (primary N) is 1. The van der Waals surface area contributed by atoms with E-state index in [9.17, 15) is 9.59 Å². The molecule has 1 heterocycles. The number of piperidine rings is 1. The predicted octanol–water partition coefficient (Wildman–Crippen LogP) is 0.450. The van der Waals surface area contributed by atoms with E-state index in [1.165, 1.54) is 0 Å². The fraction of sp³-hybridized carbons (Fsp3) is 0.385. The molecule has 1 aliphatic heterocycles. The number of carboxylic acid groups (broad SMARTS) is 1. The van der Waals surface area contributed by atoms with Crippen molar-refractivity contribution in [3.05, 3.63) is 35.4 Å². The van der Waals surface area contributed by atoms with Crippen LogP contribution in [0.2, 0.25) is 0 Å². The van der Waals surface area contributed by atoms with Gasteiger partial charge in [-0.2, -0.15) is 0 Å². The molecule has 1 amide bonds. The van der Waals surface area contributed by atoms with Gasteiger partial charge in [-0.05, 0) is 17.5 Å². The molecular weight excluding hydrogens is 232 g/mol. The molecule has 1 aliphatic rings. The second-order valence-corrected chi connectivity index (χ2v) is 4.52. The number of hydrogen-bond acceptors (Lipinski definition) is 3. The van der Waals surface area contributed by atoms with E-state index in [2.05, 4.69) is 5.32 Å². The highest BCUT2D eigenvalue weighted by Gasteiger charge is 2.34. The van der Waals surface area contributed by atoms with E-state index in [1.807, 2.05) is 24.3 Å². The monoisotopic (exact) mass is 248 g/mol. The van der Waals surface area contributed by atoms with Crippen molar-refractivity contribution in [1.82, 2.24) is 5.32 Å². The summed E-state index contributed by atoms with van der Waals surface area (Å²) in [6.45, 7) is 0.936. The Morgan fingerprint density at radius 3 is 2.94 bits per heavy atom. The first-order valence-corrected chi connectivity index (χ1v) is 5.91. The average Bonchev–Trinajstić information content (AvgIpc) is 2.39. The lowest BCUT2D eigenvalue weighted by Gasteiger charge is -2.27. The highest BCUT2D eigenvalue weighted by Crippen LogP contribution is 2.27.